The monoisotopic (exact) mass is 155 g/mol. The number of carbonyl (C=O) groups excluding carboxylic acids is 1. The van der Waals surface area contributed by atoms with Gasteiger partial charge in [0.25, 0.3) is 0 Å². The standard InChI is InChI=1S/C8H15N2O/c1-3-9-4-6-10(7-5-9)8(2)11/h2-7H2,1H3. The fourth-order valence-electron chi connectivity index (χ4n) is 1.31. The summed E-state index contributed by atoms with van der Waals surface area (Å²) in [5, 5.41) is 0. The zero-order valence-corrected chi connectivity index (χ0v) is 7.05. The van der Waals surface area contributed by atoms with Gasteiger partial charge in [-0.3, -0.25) is 4.79 Å². The highest BCUT2D eigenvalue weighted by atomic mass is 16.2. The van der Waals surface area contributed by atoms with Crippen LogP contribution in [0.4, 0.5) is 0 Å². The van der Waals surface area contributed by atoms with E-state index >= 15 is 0 Å². The van der Waals surface area contributed by atoms with Gasteiger partial charge in [0.05, 0.1) is 0 Å². The van der Waals surface area contributed by atoms with Crippen LogP contribution in [-0.4, -0.2) is 48.4 Å². The molecule has 0 atom stereocenters. The maximum atomic E-state index is 10.8. The number of hydrogen-bond acceptors (Lipinski definition) is 2. The van der Waals surface area contributed by atoms with Gasteiger partial charge < -0.3 is 9.80 Å². The molecule has 0 unspecified atom stereocenters. The van der Waals surface area contributed by atoms with Crippen LogP contribution in [0.15, 0.2) is 0 Å². The minimum Gasteiger partial charge on any atom is -0.340 e. The third-order valence-corrected chi connectivity index (χ3v) is 2.17. The molecule has 3 nitrogen and oxygen atoms in total. The van der Waals surface area contributed by atoms with E-state index in [4.69, 9.17) is 0 Å². The predicted molar refractivity (Wildman–Crippen MR) is 44.1 cm³/mol. The maximum Gasteiger partial charge on any atom is 0.223 e. The van der Waals surface area contributed by atoms with Crippen molar-refractivity contribution in [1.29, 1.82) is 0 Å². The van der Waals surface area contributed by atoms with Crippen molar-refractivity contribution in [3.05, 3.63) is 6.92 Å². The van der Waals surface area contributed by atoms with Gasteiger partial charge in [-0.15, -0.1) is 0 Å². The van der Waals surface area contributed by atoms with Crippen molar-refractivity contribution >= 4 is 5.91 Å². The Morgan fingerprint density at radius 1 is 1.36 bits per heavy atom. The van der Waals surface area contributed by atoms with Gasteiger partial charge in [0, 0.05) is 33.1 Å². The third-order valence-electron chi connectivity index (χ3n) is 2.17. The molecular formula is C8H15N2O. The summed E-state index contributed by atoms with van der Waals surface area (Å²) in [6, 6.07) is 0. The Morgan fingerprint density at radius 2 is 1.91 bits per heavy atom. The molecular weight excluding hydrogens is 140 g/mol. The summed E-state index contributed by atoms with van der Waals surface area (Å²) in [5.74, 6) is -0.0410. The molecule has 0 aromatic heterocycles. The first kappa shape index (κ1) is 8.53. The average molecular weight is 155 g/mol. The molecule has 11 heavy (non-hydrogen) atoms. The molecule has 0 aromatic rings. The van der Waals surface area contributed by atoms with Crippen molar-refractivity contribution in [3.8, 4) is 0 Å². The van der Waals surface area contributed by atoms with Crippen LogP contribution in [0.1, 0.15) is 6.92 Å². The number of likely N-dealkylation sites (N-methyl/N-ethyl adjacent to an activating group) is 1. The highest BCUT2D eigenvalue weighted by Crippen LogP contribution is 2.00. The van der Waals surface area contributed by atoms with Gasteiger partial charge in [0.1, 0.15) is 0 Å². The van der Waals surface area contributed by atoms with Crippen LogP contribution in [0.5, 0.6) is 0 Å². The molecule has 1 rings (SSSR count). The normalized spacial score (nSPS) is 20.4. The van der Waals surface area contributed by atoms with Crippen molar-refractivity contribution in [2.45, 2.75) is 6.92 Å². The second-order valence-electron chi connectivity index (χ2n) is 2.82. The predicted octanol–water partition coefficient (Wildman–Crippen LogP) is -0.0154. The van der Waals surface area contributed by atoms with E-state index < -0.39 is 0 Å². The van der Waals surface area contributed by atoms with Crippen LogP contribution >= 0.6 is 0 Å². The van der Waals surface area contributed by atoms with E-state index in [1.807, 2.05) is 0 Å². The lowest BCUT2D eigenvalue weighted by Crippen LogP contribution is -2.47. The topological polar surface area (TPSA) is 23.6 Å². The van der Waals surface area contributed by atoms with Gasteiger partial charge in [0.2, 0.25) is 5.91 Å². The highest BCUT2D eigenvalue weighted by molar-refractivity contribution is 5.80. The molecule has 63 valence electrons. The van der Waals surface area contributed by atoms with E-state index in [0.717, 1.165) is 32.7 Å². The van der Waals surface area contributed by atoms with Gasteiger partial charge in [-0.1, -0.05) is 6.92 Å². The molecule has 1 radical (unpaired) electrons. The Bertz CT molecular complexity index is 139. The molecule has 0 bridgehead atoms. The molecule has 1 heterocycles. The summed E-state index contributed by atoms with van der Waals surface area (Å²) in [4.78, 5) is 14.9. The fraction of sp³-hybridized carbons (Fsp3) is 0.750. The van der Waals surface area contributed by atoms with Crippen LogP contribution in [0.25, 0.3) is 0 Å². The number of carbonyl (C=O) groups is 1. The molecule has 0 spiro atoms. The average Bonchev–Trinajstić information content (AvgIpc) is 2.05. The summed E-state index contributed by atoms with van der Waals surface area (Å²) in [6.07, 6.45) is 0. The summed E-state index contributed by atoms with van der Waals surface area (Å²) in [6.45, 7) is 10.3. The largest absolute Gasteiger partial charge is 0.340 e. The van der Waals surface area contributed by atoms with Gasteiger partial charge in [-0.25, -0.2) is 0 Å². The van der Waals surface area contributed by atoms with Crippen LogP contribution in [0.2, 0.25) is 0 Å². The summed E-state index contributed by atoms with van der Waals surface area (Å²) < 4.78 is 0. The lowest BCUT2D eigenvalue weighted by Gasteiger charge is -2.33. The first-order valence-corrected chi connectivity index (χ1v) is 4.07. The van der Waals surface area contributed by atoms with E-state index in [9.17, 15) is 4.79 Å². The molecule has 1 fully saturated rings. The Kier molecular flexibility index (Phi) is 2.88. The van der Waals surface area contributed by atoms with E-state index in [2.05, 4.69) is 18.7 Å². The Labute approximate surface area is 68.0 Å². The third kappa shape index (κ3) is 2.19. The quantitative estimate of drug-likeness (QED) is 0.531. The number of hydrogen-bond donors (Lipinski definition) is 0. The maximum absolute atomic E-state index is 10.8. The van der Waals surface area contributed by atoms with E-state index in [1.165, 1.54) is 0 Å². The van der Waals surface area contributed by atoms with Crippen LogP contribution in [0.3, 0.4) is 0 Å². The highest BCUT2D eigenvalue weighted by Gasteiger charge is 2.16. The van der Waals surface area contributed by atoms with Crippen molar-refractivity contribution in [3.63, 3.8) is 0 Å². The van der Waals surface area contributed by atoms with Crippen molar-refractivity contribution in [2.75, 3.05) is 32.7 Å². The van der Waals surface area contributed by atoms with Crippen LogP contribution < -0.4 is 0 Å². The fourth-order valence-corrected chi connectivity index (χ4v) is 1.31. The smallest absolute Gasteiger partial charge is 0.223 e. The number of nitrogens with zero attached hydrogens (tertiary/aromatic N) is 2. The minimum atomic E-state index is -0.0410. The first-order valence-electron chi connectivity index (χ1n) is 4.07. The lowest BCUT2D eigenvalue weighted by atomic mass is 10.3. The van der Waals surface area contributed by atoms with Crippen LogP contribution in [0, 0.1) is 6.92 Å². The van der Waals surface area contributed by atoms with E-state index in [-0.39, 0.29) is 5.91 Å². The molecule has 0 N–H and O–H groups in total. The van der Waals surface area contributed by atoms with Gasteiger partial charge in [-0.05, 0) is 6.54 Å². The van der Waals surface area contributed by atoms with Crippen molar-refractivity contribution < 1.29 is 4.79 Å². The minimum absolute atomic E-state index is 0.0410. The van der Waals surface area contributed by atoms with E-state index in [1.54, 1.807) is 4.90 Å². The summed E-state index contributed by atoms with van der Waals surface area (Å²) >= 11 is 0. The molecule has 3 heteroatoms. The van der Waals surface area contributed by atoms with Crippen molar-refractivity contribution in [2.24, 2.45) is 0 Å². The second-order valence-corrected chi connectivity index (χ2v) is 2.82. The van der Waals surface area contributed by atoms with Gasteiger partial charge in [-0.2, -0.15) is 0 Å². The van der Waals surface area contributed by atoms with E-state index in [0.29, 0.717) is 0 Å². The molecule has 1 aliphatic heterocycles. The first-order chi connectivity index (χ1) is 5.24. The molecule has 1 aliphatic rings. The Balaban J connectivity index is 2.30. The summed E-state index contributed by atoms with van der Waals surface area (Å²) in [5.41, 5.74) is 0. The lowest BCUT2D eigenvalue weighted by molar-refractivity contribution is -0.127. The Hall–Kier alpha value is -0.570. The Morgan fingerprint density at radius 3 is 2.27 bits per heavy atom. The van der Waals surface area contributed by atoms with Crippen LogP contribution in [-0.2, 0) is 4.79 Å². The molecule has 0 saturated carbocycles. The SMILES string of the molecule is [CH2]C(=O)N1CCN(CC)CC1. The summed E-state index contributed by atoms with van der Waals surface area (Å²) in [7, 11) is 0. The number of amides is 1. The van der Waals surface area contributed by atoms with Gasteiger partial charge in [0.15, 0.2) is 0 Å². The number of rotatable bonds is 1. The van der Waals surface area contributed by atoms with Crippen molar-refractivity contribution in [1.82, 2.24) is 9.80 Å². The molecule has 1 amide bonds. The van der Waals surface area contributed by atoms with Gasteiger partial charge >= 0.3 is 0 Å². The second kappa shape index (κ2) is 3.72. The number of piperazine rings is 1. The zero-order valence-electron chi connectivity index (χ0n) is 7.05. The molecule has 0 aliphatic carbocycles. The zero-order chi connectivity index (χ0) is 8.27. The molecule has 0 aromatic carbocycles. The molecule has 1 saturated heterocycles.